The molecule has 2 aliphatic heterocycles. The summed E-state index contributed by atoms with van der Waals surface area (Å²) in [5.74, 6) is 0.293. The molecule has 6 nitrogen and oxygen atoms in total. The Hall–Kier alpha value is -2.96. The van der Waals surface area contributed by atoms with Gasteiger partial charge in [0, 0.05) is 17.8 Å². The molecule has 0 aromatic heterocycles. The van der Waals surface area contributed by atoms with Gasteiger partial charge < -0.3 is 10.6 Å². The van der Waals surface area contributed by atoms with Gasteiger partial charge >= 0.3 is 0 Å². The summed E-state index contributed by atoms with van der Waals surface area (Å²) in [7, 11) is 0. The molecular weight excluding hydrogens is 532 g/mol. The minimum atomic E-state index is -0.0596. The second kappa shape index (κ2) is 15.7. The van der Waals surface area contributed by atoms with Gasteiger partial charge in [0.05, 0.1) is 25.3 Å². The molecule has 0 radical (unpaired) electrons. The average molecular weight is 588 g/mol. The molecule has 1 fully saturated rings. The minimum Gasteiger partial charge on any atom is -0.324 e. The van der Waals surface area contributed by atoms with E-state index < -0.39 is 0 Å². The zero-order valence-corrected chi connectivity index (χ0v) is 27.4. The Kier molecular flexibility index (Phi) is 12.0. The summed E-state index contributed by atoms with van der Waals surface area (Å²) in [4.78, 5) is 29.6. The van der Waals surface area contributed by atoms with Crippen LogP contribution in [0.5, 0.6) is 0 Å². The fraction of sp³-hybridized carbons (Fsp3) is 0.568. The van der Waals surface area contributed by atoms with Crippen LogP contribution >= 0.6 is 0 Å². The SMILES string of the molecule is CCCC[N@@+]1(CCCCCN2CCCC[C@H]2C(=O)Nc2c(C)cccc2C)C=CCC[C@H]1C(=O)Nc1c(C)cccc1C. The maximum atomic E-state index is 13.8. The third kappa shape index (κ3) is 8.36. The predicted octanol–water partition coefficient (Wildman–Crippen LogP) is 7.82. The fourth-order valence-electron chi connectivity index (χ4n) is 7.18. The number of quaternary nitrogens is 1. The number of allylic oxidation sites excluding steroid dienone is 1. The van der Waals surface area contributed by atoms with Crippen LogP contribution in [0, 0.1) is 27.7 Å². The normalized spacial score (nSPS) is 22.3. The molecule has 234 valence electrons. The summed E-state index contributed by atoms with van der Waals surface area (Å²) < 4.78 is 0.759. The number of piperidine rings is 1. The molecule has 3 atom stereocenters. The Balaban J connectivity index is 1.35. The van der Waals surface area contributed by atoms with Crippen molar-refractivity contribution in [2.24, 2.45) is 0 Å². The van der Waals surface area contributed by atoms with Gasteiger partial charge in [-0.2, -0.15) is 0 Å². The molecule has 2 aromatic carbocycles. The zero-order valence-electron chi connectivity index (χ0n) is 27.4. The topological polar surface area (TPSA) is 61.4 Å². The molecule has 2 N–H and O–H groups in total. The number of benzene rings is 2. The zero-order chi connectivity index (χ0) is 30.8. The Morgan fingerprint density at radius 1 is 0.791 bits per heavy atom. The molecule has 2 aromatic rings. The highest BCUT2D eigenvalue weighted by molar-refractivity contribution is 5.96. The van der Waals surface area contributed by atoms with Gasteiger partial charge in [0.25, 0.3) is 5.91 Å². The Labute approximate surface area is 260 Å². The Morgan fingerprint density at radius 2 is 1.40 bits per heavy atom. The van der Waals surface area contributed by atoms with Crippen LogP contribution in [0.3, 0.4) is 0 Å². The van der Waals surface area contributed by atoms with Crippen LogP contribution in [0.2, 0.25) is 0 Å². The number of unbranched alkanes of at least 4 members (excludes halogenated alkanes) is 3. The first-order valence-electron chi connectivity index (χ1n) is 16.8. The molecule has 43 heavy (non-hydrogen) atoms. The first-order chi connectivity index (χ1) is 20.8. The van der Waals surface area contributed by atoms with Crippen LogP contribution in [0.15, 0.2) is 48.7 Å². The van der Waals surface area contributed by atoms with Gasteiger partial charge in [-0.15, -0.1) is 0 Å². The van der Waals surface area contributed by atoms with E-state index in [2.05, 4.69) is 92.8 Å². The first-order valence-corrected chi connectivity index (χ1v) is 16.8. The van der Waals surface area contributed by atoms with Gasteiger partial charge in [-0.05, 0) is 114 Å². The number of carbonyl (C=O) groups excluding carboxylic acids is 2. The smallest absolute Gasteiger partial charge is 0.283 e. The van der Waals surface area contributed by atoms with E-state index in [-0.39, 0.29) is 23.9 Å². The van der Waals surface area contributed by atoms with Crippen LogP contribution in [0.4, 0.5) is 11.4 Å². The molecule has 6 heteroatoms. The lowest BCUT2D eigenvalue weighted by molar-refractivity contribution is -0.897. The summed E-state index contributed by atoms with van der Waals surface area (Å²) in [5.41, 5.74) is 6.39. The van der Waals surface area contributed by atoms with E-state index in [0.717, 1.165) is 128 Å². The summed E-state index contributed by atoms with van der Waals surface area (Å²) in [6, 6.07) is 12.2. The monoisotopic (exact) mass is 587 g/mol. The lowest BCUT2D eigenvalue weighted by atomic mass is 9.98. The number of amides is 2. The largest absolute Gasteiger partial charge is 0.324 e. The number of nitrogens with zero attached hydrogens (tertiary/aromatic N) is 2. The van der Waals surface area contributed by atoms with Gasteiger partial charge in [0.1, 0.15) is 0 Å². The highest BCUT2D eigenvalue weighted by Crippen LogP contribution is 2.30. The van der Waals surface area contributed by atoms with Crippen molar-refractivity contribution >= 4 is 23.2 Å². The molecule has 0 saturated carbocycles. The molecule has 0 unspecified atom stereocenters. The van der Waals surface area contributed by atoms with Crippen molar-refractivity contribution in [3.05, 3.63) is 70.9 Å². The number of rotatable bonds is 13. The van der Waals surface area contributed by atoms with Gasteiger partial charge in [-0.25, -0.2) is 0 Å². The van der Waals surface area contributed by atoms with Crippen molar-refractivity contribution in [3.8, 4) is 0 Å². The van der Waals surface area contributed by atoms with Gasteiger partial charge in [-0.3, -0.25) is 19.0 Å². The maximum absolute atomic E-state index is 13.8. The summed E-state index contributed by atoms with van der Waals surface area (Å²) in [6.07, 6.45) is 15.2. The van der Waals surface area contributed by atoms with Crippen LogP contribution < -0.4 is 10.6 Å². The number of likely N-dealkylation sites (tertiary alicyclic amines) is 1. The lowest BCUT2D eigenvalue weighted by Gasteiger charge is -2.43. The van der Waals surface area contributed by atoms with Crippen LogP contribution in [0.25, 0.3) is 0 Å². The number of anilines is 2. The fourth-order valence-corrected chi connectivity index (χ4v) is 7.18. The lowest BCUT2D eigenvalue weighted by Crippen LogP contribution is -2.58. The number of hydrogen-bond donors (Lipinski definition) is 2. The first kappa shape index (κ1) is 32.9. The average Bonchev–Trinajstić information content (AvgIpc) is 3.00. The molecule has 2 amide bonds. The standard InChI is InChI=1S/C37H54N4O2/c1-6-7-25-41(27-14-10-22-33(41)37(43)39-35-30(4)19-16-20-31(35)5)26-13-8-11-23-40-24-12-9-21-32(40)36(42)38-34-28(2)17-15-18-29(34)3/h14-20,27,32-33H,6-13,21-26H2,1-5H3,(H-,38,39,42,43)/p+1/t32-,33-,41+/m0/s1. The third-order valence-corrected chi connectivity index (χ3v) is 9.76. The van der Waals surface area contributed by atoms with Crippen molar-refractivity contribution in [2.45, 2.75) is 111 Å². The number of carbonyl (C=O) groups is 2. The van der Waals surface area contributed by atoms with Crippen molar-refractivity contribution in [2.75, 3.05) is 36.8 Å². The second-order valence-electron chi connectivity index (χ2n) is 13.0. The molecule has 2 heterocycles. The highest BCUT2D eigenvalue weighted by Gasteiger charge is 2.41. The minimum absolute atomic E-state index is 0.0568. The van der Waals surface area contributed by atoms with Crippen molar-refractivity contribution in [1.82, 2.24) is 4.90 Å². The molecule has 0 aliphatic carbocycles. The van der Waals surface area contributed by atoms with E-state index in [1.54, 1.807) is 0 Å². The summed E-state index contributed by atoms with van der Waals surface area (Å²) in [5, 5.41) is 6.59. The predicted molar refractivity (Wildman–Crippen MR) is 179 cm³/mol. The molecule has 4 rings (SSSR count). The third-order valence-electron chi connectivity index (χ3n) is 9.76. The van der Waals surface area contributed by atoms with Gasteiger partial charge in [0.15, 0.2) is 6.04 Å². The van der Waals surface area contributed by atoms with E-state index in [1.807, 2.05) is 6.07 Å². The van der Waals surface area contributed by atoms with Gasteiger partial charge in [0.2, 0.25) is 5.91 Å². The number of hydrogen-bond acceptors (Lipinski definition) is 3. The molecule has 0 bridgehead atoms. The van der Waals surface area contributed by atoms with Gasteiger partial charge in [-0.1, -0.05) is 56.2 Å². The van der Waals surface area contributed by atoms with Crippen molar-refractivity contribution in [1.29, 1.82) is 0 Å². The Bertz CT molecular complexity index is 1230. The van der Waals surface area contributed by atoms with E-state index in [9.17, 15) is 9.59 Å². The van der Waals surface area contributed by atoms with E-state index >= 15 is 0 Å². The maximum Gasteiger partial charge on any atom is 0.283 e. The second-order valence-corrected chi connectivity index (χ2v) is 13.0. The molecule has 1 saturated heterocycles. The van der Waals surface area contributed by atoms with Crippen LogP contribution in [-0.4, -0.2) is 59.5 Å². The molecule has 0 spiro atoms. The summed E-state index contributed by atoms with van der Waals surface area (Å²) >= 11 is 0. The van der Waals surface area contributed by atoms with Crippen molar-refractivity contribution in [3.63, 3.8) is 0 Å². The number of aryl methyl sites for hydroxylation is 4. The quantitative estimate of drug-likeness (QED) is 0.186. The molecule has 2 aliphatic rings. The molecular formula is C37H55N4O2+. The van der Waals surface area contributed by atoms with Crippen LogP contribution in [0.1, 0.15) is 93.4 Å². The number of para-hydroxylation sites is 2. The van der Waals surface area contributed by atoms with E-state index in [1.165, 1.54) is 0 Å². The summed E-state index contributed by atoms with van der Waals surface area (Å²) in [6.45, 7) is 14.4. The van der Waals surface area contributed by atoms with E-state index in [4.69, 9.17) is 0 Å². The highest BCUT2D eigenvalue weighted by atomic mass is 16.2. The van der Waals surface area contributed by atoms with Crippen LogP contribution in [-0.2, 0) is 9.59 Å². The van der Waals surface area contributed by atoms with E-state index in [0.29, 0.717) is 0 Å². The number of nitrogens with one attached hydrogen (secondary N) is 2. The van der Waals surface area contributed by atoms with Crippen molar-refractivity contribution < 1.29 is 14.1 Å². The Morgan fingerprint density at radius 3 is 2.02 bits per heavy atom.